The van der Waals surface area contributed by atoms with Gasteiger partial charge in [0, 0.05) is 7.05 Å². The van der Waals surface area contributed by atoms with Crippen LogP contribution in [0.25, 0.3) is 0 Å². The van der Waals surface area contributed by atoms with Gasteiger partial charge < -0.3 is 5.11 Å². The van der Waals surface area contributed by atoms with Crippen LogP contribution in [0.4, 0.5) is 5.95 Å². The third-order valence-corrected chi connectivity index (χ3v) is 3.64. The summed E-state index contributed by atoms with van der Waals surface area (Å²) in [7, 11) is 1.73. The Kier molecular flexibility index (Phi) is 3.82. The second-order valence-electron chi connectivity index (χ2n) is 4.93. The van der Waals surface area contributed by atoms with E-state index in [1.54, 1.807) is 18.7 Å². The van der Waals surface area contributed by atoms with Crippen LogP contribution < -0.4 is 5.32 Å². The smallest absolute Gasteiger partial charge is 0.307 e. The fraction of sp³-hybridized carbons (Fsp3) is 0.667. The van der Waals surface area contributed by atoms with E-state index in [4.69, 9.17) is 5.11 Å². The van der Waals surface area contributed by atoms with Crippen molar-refractivity contribution in [2.45, 2.75) is 32.6 Å². The zero-order valence-electron chi connectivity index (χ0n) is 11.1. The van der Waals surface area contributed by atoms with E-state index in [-0.39, 0.29) is 11.9 Å². The van der Waals surface area contributed by atoms with Gasteiger partial charge in [0.25, 0.3) is 0 Å². The van der Waals surface area contributed by atoms with Crippen LogP contribution >= 0.6 is 0 Å². The number of hydrogen-bond donors (Lipinski definition) is 2. The molecule has 0 saturated heterocycles. The lowest BCUT2D eigenvalue weighted by atomic mass is 9.79. The number of carbonyl (C=O) groups is 2. The number of nitrogens with one attached hydrogen (secondary N) is 1. The fourth-order valence-electron chi connectivity index (χ4n) is 2.46. The van der Waals surface area contributed by atoms with Gasteiger partial charge in [-0.25, -0.2) is 0 Å². The summed E-state index contributed by atoms with van der Waals surface area (Å²) >= 11 is 0. The number of anilines is 1. The summed E-state index contributed by atoms with van der Waals surface area (Å²) in [5.74, 6) is -1.36. The number of aromatic nitrogens is 3. The number of nitrogens with zero attached hydrogens (tertiary/aromatic N) is 3. The molecule has 2 atom stereocenters. The van der Waals surface area contributed by atoms with Crippen LogP contribution in [0.15, 0.2) is 0 Å². The van der Waals surface area contributed by atoms with Crippen molar-refractivity contribution >= 4 is 17.8 Å². The van der Waals surface area contributed by atoms with Crippen molar-refractivity contribution in [1.82, 2.24) is 14.8 Å². The Morgan fingerprint density at radius 1 is 1.32 bits per heavy atom. The van der Waals surface area contributed by atoms with Gasteiger partial charge in [-0.05, 0) is 19.8 Å². The van der Waals surface area contributed by atoms with Crippen molar-refractivity contribution in [3.8, 4) is 0 Å². The molecule has 1 amide bonds. The Morgan fingerprint density at radius 3 is 2.47 bits per heavy atom. The van der Waals surface area contributed by atoms with Crippen LogP contribution in [0.3, 0.4) is 0 Å². The van der Waals surface area contributed by atoms with Crippen LogP contribution in [-0.4, -0.2) is 31.7 Å². The van der Waals surface area contributed by atoms with Gasteiger partial charge in [-0.1, -0.05) is 12.8 Å². The lowest BCUT2D eigenvalue weighted by Crippen LogP contribution is -2.36. The Morgan fingerprint density at radius 2 is 1.95 bits per heavy atom. The average molecular weight is 266 g/mol. The highest BCUT2D eigenvalue weighted by molar-refractivity contribution is 5.93. The van der Waals surface area contributed by atoms with E-state index >= 15 is 0 Å². The number of aryl methyl sites for hydroxylation is 2. The molecule has 0 aliphatic heterocycles. The summed E-state index contributed by atoms with van der Waals surface area (Å²) < 4.78 is 1.56. The largest absolute Gasteiger partial charge is 0.481 e. The van der Waals surface area contributed by atoms with E-state index in [1.807, 2.05) is 0 Å². The monoisotopic (exact) mass is 266 g/mol. The van der Waals surface area contributed by atoms with Gasteiger partial charge in [0.2, 0.25) is 11.9 Å². The molecule has 2 rings (SSSR count). The van der Waals surface area contributed by atoms with E-state index in [0.717, 1.165) is 12.8 Å². The molecule has 0 bridgehead atoms. The summed E-state index contributed by atoms with van der Waals surface area (Å²) in [6, 6.07) is 0. The van der Waals surface area contributed by atoms with Gasteiger partial charge in [-0.15, -0.1) is 5.10 Å². The number of carboxylic acids is 1. The summed E-state index contributed by atoms with van der Waals surface area (Å²) in [5.41, 5.74) is 0. The summed E-state index contributed by atoms with van der Waals surface area (Å²) in [4.78, 5) is 27.4. The van der Waals surface area contributed by atoms with Crippen LogP contribution in [-0.2, 0) is 16.6 Å². The van der Waals surface area contributed by atoms with Gasteiger partial charge in [-0.2, -0.15) is 4.98 Å². The maximum Gasteiger partial charge on any atom is 0.307 e. The standard InChI is InChI=1S/C12H18N4O3/c1-7-13-12(15-16(7)2)14-10(17)8-5-3-4-6-9(8)11(18)19/h8-9H,3-6H2,1-2H3,(H,18,19)(H,14,15,17)/t8-,9+/m0/s1. The van der Waals surface area contributed by atoms with Crippen molar-refractivity contribution in [3.63, 3.8) is 0 Å². The van der Waals surface area contributed by atoms with E-state index in [9.17, 15) is 9.59 Å². The van der Waals surface area contributed by atoms with E-state index in [2.05, 4.69) is 15.4 Å². The minimum atomic E-state index is -0.898. The van der Waals surface area contributed by atoms with Crippen LogP contribution in [0.1, 0.15) is 31.5 Å². The second-order valence-corrected chi connectivity index (χ2v) is 4.93. The van der Waals surface area contributed by atoms with Crippen LogP contribution in [0, 0.1) is 18.8 Å². The lowest BCUT2D eigenvalue weighted by molar-refractivity contribution is -0.147. The van der Waals surface area contributed by atoms with E-state index in [0.29, 0.717) is 18.7 Å². The molecule has 1 heterocycles. The molecule has 7 heteroatoms. The highest BCUT2D eigenvalue weighted by Gasteiger charge is 2.36. The molecule has 1 aromatic heterocycles. The second kappa shape index (κ2) is 5.38. The third kappa shape index (κ3) is 2.91. The molecular formula is C12H18N4O3. The predicted octanol–water partition coefficient (Wildman–Crippen LogP) is 0.953. The molecule has 1 fully saturated rings. The molecule has 0 spiro atoms. The normalized spacial score (nSPS) is 23.1. The molecule has 19 heavy (non-hydrogen) atoms. The molecule has 2 N–H and O–H groups in total. The Bertz CT molecular complexity index is 478. The predicted molar refractivity (Wildman–Crippen MR) is 67.5 cm³/mol. The fourth-order valence-corrected chi connectivity index (χ4v) is 2.46. The minimum absolute atomic E-state index is 0.236. The Hall–Kier alpha value is -1.92. The van der Waals surface area contributed by atoms with Crippen molar-refractivity contribution in [2.75, 3.05) is 5.32 Å². The molecule has 104 valence electrons. The number of hydrogen-bond acceptors (Lipinski definition) is 4. The zero-order chi connectivity index (χ0) is 14.0. The van der Waals surface area contributed by atoms with Gasteiger partial charge in [-0.3, -0.25) is 19.6 Å². The van der Waals surface area contributed by atoms with Gasteiger partial charge >= 0.3 is 5.97 Å². The summed E-state index contributed by atoms with van der Waals surface area (Å²) in [5, 5.41) is 15.8. The maximum absolute atomic E-state index is 12.1. The number of amides is 1. The Balaban J connectivity index is 2.07. The summed E-state index contributed by atoms with van der Waals surface area (Å²) in [6.07, 6.45) is 2.91. The molecule has 1 aliphatic rings. The zero-order valence-corrected chi connectivity index (χ0v) is 11.1. The number of carboxylic acid groups (broad SMARTS) is 1. The van der Waals surface area contributed by atoms with Crippen molar-refractivity contribution in [2.24, 2.45) is 18.9 Å². The first kappa shape index (κ1) is 13.5. The van der Waals surface area contributed by atoms with Crippen molar-refractivity contribution in [3.05, 3.63) is 5.82 Å². The summed E-state index contributed by atoms with van der Waals surface area (Å²) in [6.45, 7) is 1.78. The average Bonchev–Trinajstić information content (AvgIpc) is 2.68. The Labute approximate surface area is 111 Å². The number of rotatable bonds is 3. The van der Waals surface area contributed by atoms with Crippen LogP contribution in [0.5, 0.6) is 0 Å². The lowest BCUT2D eigenvalue weighted by Gasteiger charge is -2.26. The van der Waals surface area contributed by atoms with E-state index in [1.165, 1.54) is 0 Å². The molecule has 1 aromatic rings. The number of carbonyl (C=O) groups excluding carboxylic acids is 1. The van der Waals surface area contributed by atoms with Crippen molar-refractivity contribution < 1.29 is 14.7 Å². The first-order valence-corrected chi connectivity index (χ1v) is 6.40. The molecule has 1 saturated carbocycles. The molecule has 7 nitrogen and oxygen atoms in total. The SMILES string of the molecule is Cc1nc(NC(=O)[C@H]2CCCC[C@H]2C(=O)O)nn1C. The highest BCUT2D eigenvalue weighted by Crippen LogP contribution is 2.31. The van der Waals surface area contributed by atoms with Gasteiger partial charge in [0.15, 0.2) is 0 Å². The number of aliphatic carboxylic acids is 1. The molecule has 0 radical (unpaired) electrons. The molecule has 0 unspecified atom stereocenters. The van der Waals surface area contributed by atoms with Crippen molar-refractivity contribution in [1.29, 1.82) is 0 Å². The topological polar surface area (TPSA) is 97.1 Å². The molecular weight excluding hydrogens is 248 g/mol. The molecule has 0 aromatic carbocycles. The highest BCUT2D eigenvalue weighted by atomic mass is 16.4. The van der Waals surface area contributed by atoms with Gasteiger partial charge in [0.1, 0.15) is 5.82 Å². The third-order valence-electron chi connectivity index (χ3n) is 3.64. The molecule has 1 aliphatic carbocycles. The van der Waals surface area contributed by atoms with E-state index < -0.39 is 17.8 Å². The first-order valence-electron chi connectivity index (χ1n) is 6.40. The van der Waals surface area contributed by atoms with Crippen LogP contribution in [0.2, 0.25) is 0 Å². The first-order chi connectivity index (χ1) is 8.99. The van der Waals surface area contributed by atoms with Gasteiger partial charge in [0.05, 0.1) is 11.8 Å². The maximum atomic E-state index is 12.1. The quantitative estimate of drug-likeness (QED) is 0.849. The minimum Gasteiger partial charge on any atom is -0.481 e.